The Hall–Kier alpha value is -3.53. The molecule has 0 aliphatic heterocycles. The quantitative estimate of drug-likeness (QED) is 0.274. The number of halogens is 1. The van der Waals surface area contributed by atoms with Crippen molar-refractivity contribution in [3.05, 3.63) is 78.4 Å². The van der Waals surface area contributed by atoms with Crippen LogP contribution in [0.25, 0.3) is 0 Å². The van der Waals surface area contributed by atoms with E-state index in [0.29, 0.717) is 24.7 Å². The maximum absolute atomic E-state index is 13.0. The van der Waals surface area contributed by atoms with Crippen LogP contribution in [0, 0.1) is 5.82 Å². The Bertz CT molecular complexity index is 967. The highest BCUT2D eigenvalue weighted by atomic mass is 19.1. The van der Waals surface area contributed by atoms with Crippen molar-refractivity contribution in [1.82, 2.24) is 20.9 Å². The SMILES string of the molecule is CNCNC.COCCNC(=O)c1cc(Oc2ccc(Nc3ccc(F)cc3)cc2)ccn1. The number of hydrogen-bond acceptors (Lipinski definition) is 7. The number of amides is 1. The maximum Gasteiger partial charge on any atom is 0.270 e. The number of benzene rings is 2. The summed E-state index contributed by atoms with van der Waals surface area (Å²) in [4.78, 5) is 16.1. The molecule has 0 radical (unpaired) electrons. The maximum atomic E-state index is 13.0. The van der Waals surface area contributed by atoms with Gasteiger partial charge in [0.05, 0.1) is 6.61 Å². The second kappa shape index (κ2) is 14.5. The highest BCUT2D eigenvalue weighted by molar-refractivity contribution is 5.92. The molecule has 0 fully saturated rings. The molecule has 1 amide bonds. The molecule has 0 saturated carbocycles. The fourth-order valence-corrected chi connectivity index (χ4v) is 2.58. The lowest BCUT2D eigenvalue weighted by Crippen LogP contribution is -2.27. The van der Waals surface area contributed by atoms with Crippen LogP contribution < -0.4 is 26.0 Å². The molecule has 176 valence electrons. The standard InChI is InChI=1S/C21H20FN3O3.C3H10N2/c1-27-13-12-24-21(26)20-14-19(10-11-23-20)28-18-8-6-17(7-9-18)25-16-4-2-15(22)3-5-16;1-4-3-5-2/h2-11,14,25H,12-13H2,1H3,(H,24,26);4-5H,3H2,1-2H3. The van der Waals surface area contributed by atoms with Gasteiger partial charge in [0.2, 0.25) is 0 Å². The third-order valence-corrected chi connectivity index (χ3v) is 4.13. The molecule has 4 N–H and O–H groups in total. The predicted molar refractivity (Wildman–Crippen MR) is 128 cm³/mol. The molecule has 0 unspecified atom stereocenters. The Morgan fingerprint density at radius 2 is 1.58 bits per heavy atom. The summed E-state index contributed by atoms with van der Waals surface area (Å²) < 4.78 is 23.7. The molecule has 8 nitrogen and oxygen atoms in total. The van der Waals surface area contributed by atoms with Crippen molar-refractivity contribution in [2.75, 3.05) is 46.3 Å². The van der Waals surface area contributed by atoms with Crippen molar-refractivity contribution in [3.8, 4) is 11.5 Å². The Balaban J connectivity index is 0.000000696. The minimum Gasteiger partial charge on any atom is -0.457 e. The third-order valence-electron chi connectivity index (χ3n) is 4.13. The molecule has 3 aromatic rings. The van der Waals surface area contributed by atoms with Crippen molar-refractivity contribution in [3.63, 3.8) is 0 Å². The molecule has 33 heavy (non-hydrogen) atoms. The largest absolute Gasteiger partial charge is 0.457 e. The first-order valence-electron chi connectivity index (χ1n) is 10.4. The van der Waals surface area contributed by atoms with Crippen molar-refractivity contribution >= 4 is 17.3 Å². The first kappa shape index (κ1) is 25.7. The Kier molecular flexibility index (Phi) is 11.3. The van der Waals surface area contributed by atoms with E-state index in [2.05, 4.69) is 26.3 Å². The van der Waals surface area contributed by atoms with Crippen molar-refractivity contribution < 1.29 is 18.7 Å². The smallest absolute Gasteiger partial charge is 0.270 e. The number of hydrogen-bond donors (Lipinski definition) is 4. The van der Waals surface area contributed by atoms with E-state index in [1.54, 1.807) is 43.5 Å². The zero-order valence-corrected chi connectivity index (χ0v) is 19.0. The number of ether oxygens (including phenoxy) is 2. The van der Waals surface area contributed by atoms with E-state index >= 15 is 0 Å². The molecular formula is C24H30FN5O3. The van der Waals surface area contributed by atoms with Crippen LogP contribution in [-0.2, 0) is 4.74 Å². The van der Waals surface area contributed by atoms with E-state index < -0.39 is 0 Å². The summed E-state index contributed by atoms with van der Waals surface area (Å²) in [6.07, 6.45) is 1.52. The van der Waals surface area contributed by atoms with Gasteiger partial charge in [0, 0.05) is 44.0 Å². The monoisotopic (exact) mass is 455 g/mol. The van der Waals surface area contributed by atoms with Crippen LogP contribution in [0.4, 0.5) is 15.8 Å². The van der Waals surface area contributed by atoms with Gasteiger partial charge in [-0.2, -0.15) is 0 Å². The Labute approximate surface area is 193 Å². The Morgan fingerprint density at radius 1 is 0.939 bits per heavy atom. The second-order valence-corrected chi connectivity index (χ2v) is 6.77. The first-order valence-corrected chi connectivity index (χ1v) is 10.4. The number of methoxy groups -OCH3 is 1. The highest BCUT2D eigenvalue weighted by Crippen LogP contribution is 2.24. The molecule has 0 bridgehead atoms. The molecule has 3 rings (SSSR count). The molecule has 0 aliphatic rings. The van der Waals surface area contributed by atoms with Crippen LogP contribution in [0.3, 0.4) is 0 Å². The second-order valence-electron chi connectivity index (χ2n) is 6.77. The van der Waals surface area contributed by atoms with Crippen molar-refractivity contribution in [2.45, 2.75) is 0 Å². The van der Waals surface area contributed by atoms with Crippen LogP contribution in [-0.4, -0.2) is 51.9 Å². The first-order chi connectivity index (χ1) is 16.0. The zero-order valence-electron chi connectivity index (χ0n) is 19.0. The van der Waals surface area contributed by atoms with E-state index in [0.717, 1.165) is 18.0 Å². The normalized spacial score (nSPS) is 10.1. The van der Waals surface area contributed by atoms with E-state index in [9.17, 15) is 9.18 Å². The number of aromatic nitrogens is 1. The molecule has 0 aliphatic carbocycles. The van der Waals surface area contributed by atoms with Gasteiger partial charge in [-0.15, -0.1) is 0 Å². The van der Waals surface area contributed by atoms with Gasteiger partial charge < -0.3 is 30.7 Å². The lowest BCUT2D eigenvalue weighted by Gasteiger charge is -2.10. The molecular weight excluding hydrogens is 425 g/mol. The van der Waals surface area contributed by atoms with E-state index in [1.165, 1.54) is 18.3 Å². The van der Waals surface area contributed by atoms with Gasteiger partial charge in [-0.25, -0.2) is 4.39 Å². The molecule has 9 heteroatoms. The fraction of sp³-hybridized carbons (Fsp3) is 0.250. The average molecular weight is 456 g/mol. The van der Waals surface area contributed by atoms with Crippen LogP contribution in [0.5, 0.6) is 11.5 Å². The summed E-state index contributed by atoms with van der Waals surface area (Å²) in [6, 6.07) is 16.7. The average Bonchev–Trinajstić information content (AvgIpc) is 2.83. The summed E-state index contributed by atoms with van der Waals surface area (Å²) in [5, 5.41) is 11.7. The fourth-order valence-electron chi connectivity index (χ4n) is 2.58. The van der Waals surface area contributed by atoms with Crippen LogP contribution >= 0.6 is 0 Å². The summed E-state index contributed by atoms with van der Waals surface area (Å²) in [6.45, 7) is 1.73. The number of nitrogens with zero attached hydrogens (tertiary/aromatic N) is 1. The van der Waals surface area contributed by atoms with Gasteiger partial charge in [0.15, 0.2) is 0 Å². The number of anilines is 2. The molecule has 1 heterocycles. The topological polar surface area (TPSA) is 96.5 Å². The van der Waals surface area contributed by atoms with Crippen LogP contribution in [0.1, 0.15) is 10.5 Å². The van der Waals surface area contributed by atoms with Crippen molar-refractivity contribution in [1.29, 1.82) is 0 Å². The van der Waals surface area contributed by atoms with Gasteiger partial charge in [-0.3, -0.25) is 9.78 Å². The summed E-state index contributed by atoms with van der Waals surface area (Å²) in [7, 11) is 5.37. The van der Waals surface area contributed by atoms with E-state index in [1.807, 2.05) is 26.2 Å². The number of carbonyl (C=O) groups is 1. The van der Waals surface area contributed by atoms with Gasteiger partial charge in [0.1, 0.15) is 23.0 Å². The summed E-state index contributed by atoms with van der Waals surface area (Å²) in [5.74, 6) is 0.549. The van der Waals surface area contributed by atoms with Crippen LogP contribution in [0.15, 0.2) is 66.9 Å². The lowest BCUT2D eigenvalue weighted by molar-refractivity contribution is 0.0932. The van der Waals surface area contributed by atoms with Gasteiger partial charge in [-0.05, 0) is 68.7 Å². The number of nitrogens with one attached hydrogen (secondary N) is 4. The lowest BCUT2D eigenvalue weighted by atomic mass is 10.2. The Morgan fingerprint density at radius 3 is 2.15 bits per heavy atom. The van der Waals surface area contributed by atoms with Crippen molar-refractivity contribution in [2.24, 2.45) is 0 Å². The minimum absolute atomic E-state index is 0.267. The van der Waals surface area contributed by atoms with Crippen LogP contribution in [0.2, 0.25) is 0 Å². The minimum atomic E-state index is -0.290. The molecule has 0 saturated heterocycles. The predicted octanol–water partition coefficient (Wildman–Crippen LogP) is 3.52. The number of rotatable bonds is 10. The van der Waals surface area contributed by atoms with Gasteiger partial charge in [0.25, 0.3) is 5.91 Å². The molecule has 1 aromatic heterocycles. The zero-order chi connectivity index (χ0) is 23.9. The summed E-state index contributed by atoms with van der Waals surface area (Å²) >= 11 is 0. The van der Waals surface area contributed by atoms with E-state index in [-0.39, 0.29) is 17.4 Å². The highest BCUT2D eigenvalue weighted by Gasteiger charge is 2.08. The number of pyridine rings is 1. The van der Waals surface area contributed by atoms with Gasteiger partial charge >= 0.3 is 0 Å². The molecule has 2 aromatic carbocycles. The third kappa shape index (κ3) is 9.65. The molecule has 0 atom stereocenters. The number of carbonyl (C=O) groups excluding carboxylic acids is 1. The molecule has 0 spiro atoms. The van der Waals surface area contributed by atoms with Gasteiger partial charge in [-0.1, -0.05) is 0 Å². The van der Waals surface area contributed by atoms with E-state index in [4.69, 9.17) is 9.47 Å². The summed E-state index contributed by atoms with van der Waals surface area (Å²) in [5.41, 5.74) is 1.89.